The van der Waals surface area contributed by atoms with Gasteiger partial charge in [-0.1, -0.05) is 0 Å². The van der Waals surface area contributed by atoms with Crippen LogP contribution in [0.15, 0.2) is 23.1 Å². The number of nitrogen functional groups attached to an aromatic ring is 1. The van der Waals surface area contributed by atoms with Crippen molar-refractivity contribution in [3.63, 3.8) is 0 Å². The summed E-state index contributed by atoms with van der Waals surface area (Å²) >= 11 is 3.92. The molecule has 1 aromatic rings. The van der Waals surface area contributed by atoms with Crippen molar-refractivity contribution in [2.45, 2.75) is 10.1 Å². The van der Waals surface area contributed by atoms with Crippen LogP contribution in [0.1, 0.15) is 0 Å². The standard InChI is InChI=1S/C11H17N3O2S3/c12-10-5-9(19(13,15)16)1-2-11(10)14-6-8-7-17-3-4-18-8/h1-2,5,8,14H,3-4,6-7,12H2,(H2,13,15,16). The molecule has 1 saturated heterocycles. The van der Waals surface area contributed by atoms with E-state index in [1.54, 1.807) is 6.07 Å². The van der Waals surface area contributed by atoms with Gasteiger partial charge < -0.3 is 11.1 Å². The van der Waals surface area contributed by atoms with E-state index >= 15 is 0 Å². The van der Waals surface area contributed by atoms with E-state index in [-0.39, 0.29) is 4.90 Å². The van der Waals surface area contributed by atoms with Crippen LogP contribution in [0.5, 0.6) is 0 Å². The van der Waals surface area contributed by atoms with E-state index in [1.165, 1.54) is 23.6 Å². The van der Waals surface area contributed by atoms with Gasteiger partial charge in [0.15, 0.2) is 0 Å². The molecule has 0 bridgehead atoms. The molecule has 1 unspecified atom stereocenters. The maximum Gasteiger partial charge on any atom is 0.238 e. The lowest BCUT2D eigenvalue weighted by Crippen LogP contribution is -2.23. The summed E-state index contributed by atoms with van der Waals surface area (Å²) in [6, 6.07) is 4.52. The molecule has 106 valence electrons. The van der Waals surface area contributed by atoms with Gasteiger partial charge in [-0.05, 0) is 18.2 Å². The molecular weight excluding hydrogens is 302 g/mol. The van der Waals surface area contributed by atoms with Gasteiger partial charge in [0.2, 0.25) is 10.0 Å². The van der Waals surface area contributed by atoms with Gasteiger partial charge in [-0.2, -0.15) is 23.5 Å². The minimum Gasteiger partial charge on any atom is -0.397 e. The molecule has 2 rings (SSSR count). The highest BCUT2D eigenvalue weighted by molar-refractivity contribution is 8.06. The van der Waals surface area contributed by atoms with Crippen LogP contribution in [0, 0.1) is 0 Å². The van der Waals surface area contributed by atoms with Crippen molar-refractivity contribution in [2.75, 3.05) is 34.9 Å². The molecule has 0 radical (unpaired) electrons. The molecule has 1 fully saturated rings. The average molecular weight is 319 g/mol. The maximum absolute atomic E-state index is 11.2. The van der Waals surface area contributed by atoms with Crippen molar-refractivity contribution in [3.8, 4) is 0 Å². The molecule has 0 saturated carbocycles. The number of nitrogens with one attached hydrogen (secondary N) is 1. The minimum atomic E-state index is -3.69. The van der Waals surface area contributed by atoms with Gasteiger partial charge in [0, 0.05) is 29.1 Å². The Kier molecular flexibility index (Phi) is 4.88. The zero-order valence-corrected chi connectivity index (χ0v) is 12.8. The third-order valence-corrected chi connectivity index (χ3v) is 6.51. The lowest BCUT2D eigenvalue weighted by molar-refractivity contribution is 0.598. The molecule has 0 aliphatic carbocycles. The average Bonchev–Trinajstić information content (AvgIpc) is 2.37. The summed E-state index contributed by atoms with van der Waals surface area (Å²) in [7, 11) is -3.69. The number of hydrogen-bond donors (Lipinski definition) is 3. The molecule has 0 spiro atoms. The van der Waals surface area contributed by atoms with Gasteiger partial charge in [0.1, 0.15) is 0 Å². The van der Waals surface area contributed by atoms with E-state index in [0.717, 1.165) is 18.0 Å². The van der Waals surface area contributed by atoms with E-state index in [4.69, 9.17) is 10.9 Å². The highest BCUT2D eigenvalue weighted by Crippen LogP contribution is 2.26. The Morgan fingerprint density at radius 1 is 1.37 bits per heavy atom. The largest absolute Gasteiger partial charge is 0.397 e. The molecule has 1 atom stereocenters. The number of thioether (sulfide) groups is 2. The molecule has 19 heavy (non-hydrogen) atoms. The number of hydrogen-bond acceptors (Lipinski definition) is 6. The Morgan fingerprint density at radius 3 is 2.74 bits per heavy atom. The van der Waals surface area contributed by atoms with Crippen molar-refractivity contribution in [1.29, 1.82) is 0 Å². The first-order chi connectivity index (χ1) is 8.97. The summed E-state index contributed by atoms with van der Waals surface area (Å²) in [5.74, 6) is 3.52. The second-order valence-corrected chi connectivity index (χ2v) is 8.36. The smallest absolute Gasteiger partial charge is 0.238 e. The van der Waals surface area contributed by atoms with E-state index in [2.05, 4.69) is 5.32 Å². The number of benzene rings is 1. The fraction of sp³-hybridized carbons (Fsp3) is 0.455. The van der Waals surface area contributed by atoms with Crippen molar-refractivity contribution in [3.05, 3.63) is 18.2 Å². The SMILES string of the molecule is Nc1cc(S(N)(=O)=O)ccc1NCC1CSCCS1. The second kappa shape index (κ2) is 6.25. The molecule has 5 N–H and O–H groups in total. The van der Waals surface area contributed by atoms with Gasteiger partial charge in [-0.15, -0.1) is 0 Å². The summed E-state index contributed by atoms with van der Waals surface area (Å²) in [5.41, 5.74) is 7.00. The van der Waals surface area contributed by atoms with Crippen LogP contribution in [-0.4, -0.2) is 37.5 Å². The summed E-state index contributed by atoms with van der Waals surface area (Å²) in [4.78, 5) is 0.0400. The first kappa shape index (κ1) is 14.8. The minimum absolute atomic E-state index is 0.0400. The Hall–Kier alpha value is -0.570. The van der Waals surface area contributed by atoms with Crippen molar-refractivity contribution in [1.82, 2.24) is 0 Å². The predicted octanol–water partition coefficient (Wildman–Crippen LogP) is 1.18. The quantitative estimate of drug-likeness (QED) is 0.721. The van der Waals surface area contributed by atoms with Gasteiger partial charge in [0.05, 0.1) is 16.3 Å². The summed E-state index contributed by atoms with van der Waals surface area (Å²) in [6.07, 6.45) is 0. The highest BCUT2D eigenvalue weighted by Gasteiger charge is 2.15. The van der Waals surface area contributed by atoms with E-state index in [9.17, 15) is 8.42 Å². The van der Waals surface area contributed by atoms with Gasteiger partial charge in [-0.25, -0.2) is 13.6 Å². The zero-order chi connectivity index (χ0) is 13.9. The fourth-order valence-corrected chi connectivity index (χ4v) is 4.92. The van der Waals surface area contributed by atoms with Crippen molar-refractivity contribution < 1.29 is 8.42 Å². The first-order valence-corrected chi connectivity index (χ1v) is 9.57. The Bertz CT molecular complexity index is 542. The van der Waals surface area contributed by atoms with Crippen LogP contribution in [-0.2, 0) is 10.0 Å². The number of primary sulfonamides is 1. The van der Waals surface area contributed by atoms with Crippen molar-refractivity contribution in [2.24, 2.45) is 5.14 Å². The molecule has 1 heterocycles. The van der Waals surface area contributed by atoms with E-state index in [0.29, 0.717) is 10.9 Å². The van der Waals surface area contributed by atoms with Crippen LogP contribution in [0.25, 0.3) is 0 Å². The normalized spacial score (nSPS) is 20.2. The molecule has 8 heteroatoms. The molecule has 0 aromatic heterocycles. The number of sulfonamides is 1. The number of rotatable bonds is 4. The third kappa shape index (κ3) is 4.20. The highest BCUT2D eigenvalue weighted by atomic mass is 32.2. The van der Waals surface area contributed by atoms with Gasteiger partial charge in [0.25, 0.3) is 0 Å². The van der Waals surface area contributed by atoms with Crippen molar-refractivity contribution >= 4 is 44.9 Å². The van der Waals surface area contributed by atoms with E-state index in [1.807, 2.05) is 23.5 Å². The molecule has 0 amide bonds. The third-order valence-electron chi connectivity index (χ3n) is 2.76. The Labute approximate surface area is 121 Å². The molecule has 1 aliphatic rings. The lowest BCUT2D eigenvalue weighted by Gasteiger charge is -2.22. The summed E-state index contributed by atoms with van der Waals surface area (Å²) in [6.45, 7) is 0.830. The maximum atomic E-state index is 11.2. The fourth-order valence-electron chi connectivity index (χ4n) is 1.76. The Morgan fingerprint density at radius 2 is 2.16 bits per heavy atom. The number of anilines is 2. The number of nitrogens with two attached hydrogens (primary N) is 2. The van der Waals surface area contributed by atoms with Gasteiger partial charge >= 0.3 is 0 Å². The summed E-state index contributed by atoms with van der Waals surface area (Å²) < 4.78 is 22.4. The first-order valence-electron chi connectivity index (χ1n) is 5.82. The van der Waals surface area contributed by atoms with Crippen LogP contribution >= 0.6 is 23.5 Å². The molecule has 5 nitrogen and oxygen atoms in total. The van der Waals surface area contributed by atoms with Crippen LogP contribution in [0.3, 0.4) is 0 Å². The van der Waals surface area contributed by atoms with Crippen LogP contribution in [0.2, 0.25) is 0 Å². The van der Waals surface area contributed by atoms with Crippen LogP contribution in [0.4, 0.5) is 11.4 Å². The monoisotopic (exact) mass is 319 g/mol. The predicted molar refractivity (Wildman–Crippen MR) is 84.3 cm³/mol. The van der Waals surface area contributed by atoms with Gasteiger partial charge in [-0.3, -0.25) is 0 Å². The van der Waals surface area contributed by atoms with E-state index < -0.39 is 10.0 Å². The molecule has 1 aromatic carbocycles. The Balaban J connectivity index is 2.01. The lowest BCUT2D eigenvalue weighted by atomic mass is 10.2. The summed E-state index contributed by atoms with van der Waals surface area (Å²) in [5, 5.41) is 8.89. The van der Waals surface area contributed by atoms with Crippen LogP contribution < -0.4 is 16.2 Å². The molecular formula is C11H17N3O2S3. The molecule has 1 aliphatic heterocycles. The topological polar surface area (TPSA) is 98.2 Å². The second-order valence-electron chi connectivity index (χ2n) is 4.24. The zero-order valence-electron chi connectivity index (χ0n) is 10.3.